The number of aromatic nitrogens is 1. The topological polar surface area (TPSA) is 71.4 Å². The Kier molecular flexibility index (Phi) is 5.30. The van der Waals surface area contributed by atoms with Crippen LogP contribution < -0.4 is 10.9 Å². The van der Waals surface area contributed by atoms with E-state index in [-0.39, 0.29) is 23.9 Å². The van der Waals surface area contributed by atoms with E-state index in [4.69, 9.17) is 0 Å². The summed E-state index contributed by atoms with van der Waals surface area (Å²) in [5.41, 5.74) is 1.17. The second-order valence-electron chi connectivity index (χ2n) is 5.34. The van der Waals surface area contributed by atoms with E-state index in [0.717, 1.165) is 5.56 Å². The summed E-state index contributed by atoms with van der Waals surface area (Å²) >= 11 is 0. The minimum Gasteiger partial charge on any atom is -0.350 e. The molecule has 0 unspecified atom stereocenters. The molecule has 0 atom stereocenters. The lowest BCUT2D eigenvalue weighted by molar-refractivity contribution is -0.121. The number of amides is 2. The van der Waals surface area contributed by atoms with Gasteiger partial charge in [0.05, 0.1) is 0 Å². The molecule has 1 aromatic carbocycles. The molecule has 0 radical (unpaired) electrons. The Labute approximate surface area is 134 Å². The molecule has 0 spiro atoms. The largest absolute Gasteiger partial charge is 0.350 e. The number of benzene rings is 1. The van der Waals surface area contributed by atoms with E-state index in [0.29, 0.717) is 12.1 Å². The van der Waals surface area contributed by atoms with Crippen LogP contribution in [0.25, 0.3) is 0 Å². The summed E-state index contributed by atoms with van der Waals surface area (Å²) in [4.78, 5) is 36.9. The van der Waals surface area contributed by atoms with Crippen molar-refractivity contribution in [2.45, 2.75) is 13.1 Å². The van der Waals surface area contributed by atoms with Crippen molar-refractivity contribution in [2.24, 2.45) is 0 Å². The van der Waals surface area contributed by atoms with Crippen LogP contribution in [0.2, 0.25) is 0 Å². The molecule has 2 amide bonds. The third kappa shape index (κ3) is 4.54. The van der Waals surface area contributed by atoms with E-state index < -0.39 is 0 Å². The Morgan fingerprint density at radius 3 is 2.61 bits per heavy atom. The Morgan fingerprint density at radius 2 is 1.91 bits per heavy atom. The zero-order valence-electron chi connectivity index (χ0n) is 13.2. The Hall–Kier alpha value is -2.89. The van der Waals surface area contributed by atoms with Crippen molar-refractivity contribution >= 4 is 11.8 Å². The van der Waals surface area contributed by atoms with Gasteiger partial charge in [0.1, 0.15) is 6.54 Å². The van der Waals surface area contributed by atoms with E-state index >= 15 is 0 Å². The van der Waals surface area contributed by atoms with Gasteiger partial charge in [0.15, 0.2) is 0 Å². The Balaban J connectivity index is 1.97. The Bertz CT molecular complexity index is 765. The molecule has 0 bridgehead atoms. The first-order valence-corrected chi connectivity index (χ1v) is 7.20. The highest BCUT2D eigenvalue weighted by Crippen LogP contribution is 2.07. The van der Waals surface area contributed by atoms with E-state index in [1.165, 1.54) is 15.5 Å². The van der Waals surface area contributed by atoms with Crippen LogP contribution in [0.5, 0.6) is 0 Å². The number of carbonyl (C=O) groups is 2. The molecule has 0 aliphatic rings. The van der Waals surface area contributed by atoms with E-state index in [1.807, 2.05) is 6.07 Å². The van der Waals surface area contributed by atoms with Gasteiger partial charge in [-0.3, -0.25) is 14.4 Å². The molecular weight excluding hydrogens is 294 g/mol. The fourth-order valence-electron chi connectivity index (χ4n) is 2.08. The molecule has 0 fully saturated rings. The first-order valence-electron chi connectivity index (χ1n) is 7.20. The molecule has 1 heterocycles. The SMILES string of the molecule is CN(C)C(=O)c1cccc(CNC(=O)Cn2ccccc2=O)c1. The van der Waals surface area contributed by atoms with Crippen LogP contribution in [0.15, 0.2) is 53.5 Å². The third-order valence-corrected chi connectivity index (χ3v) is 3.28. The number of pyridine rings is 1. The van der Waals surface area contributed by atoms with Gasteiger partial charge in [-0.25, -0.2) is 0 Å². The zero-order chi connectivity index (χ0) is 16.8. The quantitative estimate of drug-likeness (QED) is 0.890. The second-order valence-corrected chi connectivity index (χ2v) is 5.34. The number of nitrogens with zero attached hydrogens (tertiary/aromatic N) is 2. The van der Waals surface area contributed by atoms with Crippen molar-refractivity contribution in [1.82, 2.24) is 14.8 Å². The van der Waals surface area contributed by atoms with Gasteiger partial charge in [-0.1, -0.05) is 18.2 Å². The summed E-state index contributed by atoms with van der Waals surface area (Å²) in [7, 11) is 3.38. The molecule has 0 saturated carbocycles. The normalized spacial score (nSPS) is 10.2. The first kappa shape index (κ1) is 16.5. The standard InChI is InChI=1S/C17H19N3O3/c1-19(2)17(23)14-7-5-6-13(10-14)11-18-15(21)12-20-9-4-3-8-16(20)22/h3-10H,11-12H2,1-2H3,(H,18,21). The van der Waals surface area contributed by atoms with Gasteiger partial charge in [-0.05, 0) is 23.8 Å². The Morgan fingerprint density at radius 1 is 1.13 bits per heavy atom. The average Bonchev–Trinajstić information content (AvgIpc) is 2.54. The summed E-state index contributed by atoms with van der Waals surface area (Å²) in [6.07, 6.45) is 1.57. The highest BCUT2D eigenvalue weighted by Gasteiger charge is 2.09. The number of nitrogens with one attached hydrogen (secondary N) is 1. The van der Waals surface area contributed by atoms with E-state index in [9.17, 15) is 14.4 Å². The molecule has 23 heavy (non-hydrogen) atoms. The fraction of sp³-hybridized carbons (Fsp3) is 0.235. The number of hydrogen-bond acceptors (Lipinski definition) is 3. The maximum Gasteiger partial charge on any atom is 0.253 e. The first-order chi connectivity index (χ1) is 11.0. The minimum atomic E-state index is -0.261. The highest BCUT2D eigenvalue weighted by molar-refractivity contribution is 5.94. The molecule has 1 N–H and O–H groups in total. The van der Waals surface area contributed by atoms with Crippen molar-refractivity contribution in [3.05, 3.63) is 70.1 Å². The maximum atomic E-state index is 11.9. The summed E-state index contributed by atoms with van der Waals surface area (Å²) in [6, 6.07) is 11.8. The predicted molar refractivity (Wildman–Crippen MR) is 87.0 cm³/mol. The van der Waals surface area contributed by atoms with Crippen molar-refractivity contribution in [3.8, 4) is 0 Å². The third-order valence-electron chi connectivity index (χ3n) is 3.28. The van der Waals surface area contributed by atoms with Gasteiger partial charge in [0.2, 0.25) is 5.91 Å². The summed E-state index contributed by atoms with van der Waals surface area (Å²) in [5, 5.41) is 2.75. The molecule has 2 aromatic rings. The molecule has 6 heteroatoms. The monoisotopic (exact) mass is 313 g/mol. The lowest BCUT2D eigenvalue weighted by atomic mass is 10.1. The molecule has 0 aliphatic heterocycles. The molecule has 1 aromatic heterocycles. The van der Waals surface area contributed by atoms with E-state index in [1.54, 1.807) is 50.6 Å². The minimum absolute atomic E-state index is 0.0318. The van der Waals surface area contributed by atoms with Gasteiger partial charge < -0.3 is 14.8 Å². The van der Waals surface area contributed by atoms with Crippen molar-refractivity contribution in [3.63, 3.8) is 0 Å². The van der Waals surface area contributed by atoms with Gasteiger partial charge in [0, 0.05) is 38.5 Å². The van der Waals surface area contributed by atoms with Crippen LogP contribution in [-0.2, 0) is 17.9 Å². The summed E-state index contributed by atoms with van der Waals surface area (Å²) < 4.78 is 1.33. The van der Waals surface area contributed by atoms with Crippen molar-refractivity contribution < 1.29 is 9.59 Å². The van der Waals surface area contributed by atoms with Crippen LogP contribution >= 0.6 is 0 Å². The molecule has 0 saturated heterocycles. The van der Waals surface area contributed by atoms with Crippen LogP contribution in [0.4, 0.5) is 0 Å². The van der Waals surface area contributed by atoms with Gasteiger partial charge in [0.25, 0.3) is 11.5 Å². The van der Waals surface area contributed by atoms with Crippen LogP contribution in [0.1, 0.15) is 15.9 Å². The molecule has 2 rings (SSSR count). The zero-order valence-corrected chi connectivity index (χ0v) is 13.2. The van der Waals surface area contributed by atoms with Crippen molar-refractivity contribution in [2.75, 3.05) is 14.1 Å². The summed E-state index contributed by atoms with van der Waals surface area (Å²) in [6.45, 7) is 0.269. The van der Waals surface area contributed by atoms with Crippen LogP contribution in [0.3, 0.4) is 0 Å². The average molecular weight is 313 g/mol. The number of carbonyl (C=O) groups excluding carboxylic acids is 2. The lowest BCUT2D eigenvalue weighted by Gasteiger charge is -2.12. The number of hydrogen-bond donors (Lipinski definition) is 1. The van der Waals surface area contributed by atoms with E-state index in [2.05, 4.69) is 5.32 Å². The maximum absolute atomic E-state index is 11.9. The summed E-state index contributed by atoms with van der Waals surface area (Å²) in [5.74, 6) is -0.350. The molecule has 120 valence electrons. The van der Waals surface area contributed by atoms with Gasteiger partial charge in [-0.2, -0.15) is 0 Å². The molecule has 0 aliphatic carbocycles. The fourth-order valence-corrected chi connectivity index (χ4v) is 2.08. The van der Waals surface area contributed by atoms with Gasteiger partial charge >= 0.3 is 0 Å². The molecule has 6 nitrogen and oxygen atoms in total. The number of rotatable bonds is 5. The van der Waals surface area contributed by atoms with Crippen LogP contribution in [-0.4, -0.2) is 35.4 Å². The molecular formula is C17H19N3O3. The van der Waals surface area contributed by atoms with Crippen LogP contribution in [0, 0.1) is 0 Å². The van der Waals surface area contributed by atoms with Gasteiger partial charge in [-0.15, -0.1) is 0 Å². The predicted octanol–water partition coefficient (Wildman–Crippen LogP) is 0.866. The smallest absolute Gasteiger partial charge is 0.253 e. The van der Waals surface area contributed by atoms with Crippen molar-refractivity contribution in [1.29, 1.82) is 0 Å². The highest BCUT2D eigenvalue weighted by atomic mass is 16.2. The lowest BCUT2D eigenvalue weighted by Crippen LogP contribution is -2.31. The second kappa shape index (κ2) is 7.40.